The second-order valence-electron chi connectivity index (χ2n) is 4.11. The van der Waals surface area contributed by atoms with E-state index in [1.165, 1.54) is 0 Å². The van der Waals surface area contributed by atoms with E-state index in [0.29, 0.717) is 6.42 Å². The second kappa shape index (κ2) is 6.14. The summed E-state index contributed by atoms with van der Waals surface area (Å²) >= 11 is 0. The first kappa shape index (κ1) is 13.4. The molecule has 1 aromatic carbocycles. The van der Waals surface area contributed by atoms with Gasteiger partial charge in [0.2, 0.25) is 0 Å². The number of aromatic hydroxyl groups is 2. The summed E-state index contributed by atoms with van der Waals surface area (Å²) in [4.78, 5) is 0. The largest absolute Gasteiger partial charge is 0.504 e. The molecule has 0 aromatic heterocycles. The molecule has 2 nitrogen and oxygen atoms in total. The molecule has 0 aliphatic carbocycles. The Kier molecular flexibility index (Phi) is 4.83. The Morgan fingerprint density at radius 1 is 1.18 bits per heavy atom. The van der Waals surface area contributed by atoms with Crippen molar-refractivity contribution in [2.24, 2.45) is 0 Å². The Morgan fingerprint density at radius 2 is 1.76 bits per heavy atom. The molecule has 2 heteroatoms. The lowest BCUT2D eigenvalue weighted by Crippen LogP contribution is -1.94. The van der Waals surface area contributed by atoms with Crippen LogP contribution in [-0.2, 0) is 12.8 Å². The lowest BCUT2D eigenvalue weighted by Gasteiger charge is -2.10. The Bertz CT molecular complexity index is 431. The van der Waals surface area contributed by atoms with Crippen LogP contribution in [0.5, 0.6) is 11.5 Å². The van der Waals surface area contributed by atoms with Crippen molar-refractivity contribution in [2.75, 3.05) is 0 Å². The lowest BCUT2D eigenvalue weighted by molar-refractivity contribution is 0.402. The average molecular weight is 232 g/mol. The van der Waals surface area contributed by atoms with Gasteiger partial charge in [0.25, 0.3) is 0 Å². The van der Waals surface area contributed by atoms with Gasteiger partial charge in [0, 0.05) is 0 Å². The SMILES string of the molecule is C=C(/C=C\CC)Cc1cc(O)c(O)cc1CC. The maximum atomic E-state index is 9.51. The van der Waals surface area contributed by atoms with E-state index in [1.807, 2.05) is 13.0 Å². The van der Waals surface area contributed by atoms with Gasteiger partial charge in [0.1, 0.15) is 0 Å². The molecule has 0 radical (unpaired) electrons. The van der Waals surface area contributed by atoms with Gasteiger partial charge in [0.15, 0.2) is 11.5 Å². The molecule has 0 saturated carbocycles. The highest BCUT2D eigenvalue weighted by Gasteiger charge is 2.07. The van der Waals surface area contributed by atoms with Gasteiger partial charge in [0.05, 0.1) is 0 Å². The summed E-state index contributed by atoms with van der Waals surface area (Å²) in [5.41, 5.74) is 3.08. The minimum absolute atomic E-state index is 0.0553. The number of benzene rings is 1. The Hall–Kier alpha value is -1.70. The fourth-order valence-electron chi connectivity index (χ4n) is 1.75. The van der Waals surface area contributed by atoms with Crippen LogP contribution in [-0.4, -0.2) is 10.2 Å². The molecule has 0 aliphatic heterocycles. The highest BCUT2D eigenvalue weighted by Crippen LogP contribution is 2.29. The first-order valence-electron chi connectivity index (χ1n) is 5.96. The zero-order chi connectivity index (χ0) is 12.8. The Morgan fingerprint density at radius 3 is 2.29 bits per heavy atom. The number of phenols is 2. The van der Waals surface area contributed by atoms with Crippen LogP contribution in [0, 0.1) is 0 Å². The van der Waals surface area contributed by atoms with E-state index in [9.17, 15) is 10.2 Å². The van der Waals surface area contributed by atoms with Crippen LogP contribution in [0.25, 0.3) is 0 Å². The normalized spacial score (nSPS) is 10.9. The summed E-state index contributed by atoms with van der Waals surface area (Å²) in [7, 11) is 0. The molecule has 0 spiro atoms. The van der Waals surface area contributed by atoms with Crippen molar-refractivity contribution in [3.05, 3.63) is 47.6 Å². The van der Waals surface area contributed by atoms with Gasteiger partial charge in [-0.3, -0.25) is 0 Å². The molecule has 2 N–H and O–H groups in total. The minimum Gasteiger partial charge on any atom is -0.504 e. The van der Waals surface area contributed by atoms with Gasteiger partial charge in [-0.05, 0) is 42.5 Å². The molecule has 92 valence electrons. The van der Waals surface area contributed by atoms with Crippen LogP contribution < -0.4 is 0 Å². The summed E-state index contributed by atoms with van der Waals surface area (Å²) in [6, 6.07) is 3.25. The summed E-state index contributed by atoms with van der Waals surface area (Å²) in [5, 5.41) is 19.0. The first-order chi connectivity index (χ1) is 8.08. The van der Waals surface area contributed by atoms with Gasteiger partial charge in [-0.2, -0.15) is 0 Å². The summed E-state index contributed by atoms with van der Waals surface area (Å²) in [6.45, 7) is 8.09. The van der Waals surface area contributed by atoms with Crippen molar-refractivity contribution in [1.82, 2.24) is 0 Å². The molecule has 0 heterocycles. The zero-order valence-corrected chi connectivity index (χ0v) is 10.5. The number of hydrogen-bond donors (Lipinski definition) is 2. The Labute approximate surface area is 103 Å². The van der Waals surface area contributed by atoms with Gasteiger partial charge < -0.3 is 10.2 Å². The van der Waals surface area contributed by atoms with E-state index >= 15 is 0 Å². The number of aryl methyl sites for hydroxylation is 1. The molecule has 1 aromatic rings. The van der Waals surface area contributed by atoms with Crippen LogP contribution in [0.1, 0.15) is 31.4 Å². The van der Waals surface area contributed by atoms with E-state index in [1.54, 1.807) is 12.1 Å². The van der Waals surface area contributed by atoms with Gasteiger partial charge >= 0.3 is 0 Å². The molecule has 0 aliphatic rings. The number of phenolic OH excluding ortho intramolecular Hbond substituents is 2. The van der Waals surface area contributed by atoms with Crippen molar-refractivity contribution < 1.29 is 10.2 Å². The maximum absolute atomic E-state index is 9.51. The van der Waals surface area contributed by atoms with Crippen LogP contribution in [0.2, 0.25) is 0 Å². The van der Waals surface area contributed by atoms with Crippen LogP contribution in [0.4, 0.5) is 0 Å². The van der Waals surface area contributed by atoms with Crippen molar-refractivity contribution in [3.8, 4) is 11.5 Å². The highest BCUT2D eigenvalue weighted by atomic mass is 16.3. The summed E-state index contributed by atoms with van der Waals surface area (Å²) < 4.78 is 0. The predicted molar refractivity (Wildman–Crippen MR) is 71.4 cm³/mol. The molecule has 0 bridgehead atoms. The van der Waals surface area contributed by atoms with E-state index in [2.05, 4.69) is 19.6 Å². The highest BCUT2D eigenvalue weighted by molar-refractivity contribution is 5.47. The van der Waals surface area contributed by atoms with Crippen LogP contribution in [0.3, 0.4) is 0 Å². The Balaban J connectivity index is 2.93. The van der Waals surface area contributed by atoms with Crippen molar-refractivity contribution >= 4 is 0 Å². The molecule has 0 saturated heterocycles. The summed E-state index contributed by atoms with van der Waals surface area (Å²) in [5.74, 6) is -0.121. The average Bonchev–Trinajstić information content (AvgIpc) is 2.31. The standard InChI is InChI=1S/C15H20O2/c1-4-6-7-11(3)8-13-10-15(17)14(16)9-12(13)5-2/h6-7,9-10,16-17H,3-5,8H2,1-2H3/b7-6-. The van der Waals surface area contributed by atoms with Crippen molar-refractivity contribution in [2.45, 2.75) is 33.1 Å². The number of rotatable bonds is 5. The monoisotopic (exact) mass is 232 g/mol. The molecule has 0 amide bonds. The third-order valence-corrected chi connectivity index (χ3v) is 2.68. The molecule has 0 unspecified atom stereocenters. The predicted octanol–water partition coefficient (Wildman–Crippen LogP) is 3.73. The van der Waals surface area contributed by atoms with E-state index in [0.717, 1.165) is 29.5 Å². The molecule has 0 fully saturated rings. The van der Waals surface area contributed by atoms with Crippen molar-refractivity contribution in [3.63, 3.8) is 0 Å². The van der Waals surface area contributed by atoms with E-state index in [-0.39, 0.29) is 11.5 Å². The van der Waals surface area contributed by atoms with E-state index < -0.39 is 0 Å². The van der Waals surface area contributed by atoms with Gasteiger partial charge in [-0.1, -0.05) is 38.2 Å². The molecule has 0 atom stereocenters. The lowest BCUT2D eigenvalue weighted by atomic mass is 9.98. The zero-order valence-electron chi connectivity index (χ0n) is 10.5. The third-order valence-electron chi connectivity index (χ3n) is 2.68. The molecule has 17 heavy (non-hydrogen) atoms. The van der Waals surface area contributed by atoms with Crippen LogP contribution in [0.15, 0.2) is 36.4 Å². The topological polar surface area (TPSA) is 40.5 Å². The van der Waals surface area contributed by atoms with Gasteiger partial charge in [-0.15, -0.1) is 0 Å². The second-order valence-corrected chi connectivity index (χ2v) is 4.11. The van der Waals surface area contributed by atoms with E-state index in [4.69, 9.17) is 0 Å². The fourth-order valence-corrected chi connectivity index (χ4v) is 1.75. The molecular formula is C15H20O2. The fraction of sp³-hybridized carbons (Fsp3) is 0.333. The minimum atomic E-state index is -0.0653. The molecular weight excluding hydrogens is 212 g/mol. The quantitative estimate of drug-likeness (QED) is 0.600. The maximum Gasteiger partial charge on any atom is 0.157 e. The van der Waals surface area contributed by atoms with Crippen molar-refractivity contribution in [1.29, 1.82) is 0 Å². The van der Waals surface area contributed by atoms with Gasteiger partial charge in [-0.25, -0.2) is 0 Å². The smallest absolute Gasteiger partial charge is 0.157 e. The first-order valence-corrected chi connectivity index (χ1v) is 5.96. The van der Waals surface area contributed by atoms with Crippen LogP contribution >= 0.6 is 0 Å². The summed E-state index contributed by atoms with van der Waals surface area (Å²) in [6.07, 6.45) is 6.58. The number of allylic oxidation sites excluding steroid dienone is 3. The third kappa shape index (κ3) is 3.66. The molecule has 1 rings (SSSR count). The number of hydrogen-bond acceptors (Lipinski definition) is 2.